The fourth-order valence-corrected chi connectivity index (χ4v) is 1.58. The van der Waals surface area contributed by atoms with Gasteiger partial charge in [-0.2, -0.15) is 0 Å². The molecule has 1 aromatic rings. The predicted molar refractivity (Wildman–Crippen MR) is 65.3 cm³/mol. The number of carbonyl (C=O) groups excluding carboxylic acids is 1. The number of benzene rings is 1. The smallest absolute Gasteiger partial charge is 0.236 e. The first-order valence-corrected chi connectivity index (χ1v) is 5.45. The lowest BCUT2D eigenvalue weighted by atomic mass is 10.2. The highest BCUT2D eigenvalue weighted by Crippen LogP contribution is 2.31. The minimum Gasteiger partial charge on any atom is -0.491 e. The number of ether oxygens (including phenoxy) is 1. The van der Waals surface area contributed by atoms with Gasteiger partial charge in [-0.3, -0.25) is 4.79 Å². The minimum atomic E-state index is 0.144. The summed E-state index contributed by atoms with van der Waals surface area (Å²) in [6.07, 6.45) is 1.70. The molecular weight excluding hydrogens is 249 g/mol. The molecule has 1 aromatic carbocycles. The van der Waals surface area contributed by atoms with Crippen molar-refractivity contribution in [2.75, 3.05) is 27.2 Å². The molecule has 0 fully saturated rings. The molecule has 0 atom stereocenters. The van der Waals surface area contributed by atoms with E-state index in [1.54, 1.807) is 18.4 Å². The monoisotopic (exact) mass is 260 g/mol. The zero-order valence-electron chi connectivity index (χ0n) is 9.09. The first-order valence-electron chi connectivity index (χ1n) is 4.70. The SMILES string of the molecule is CN(C)CCOc1ccc(Cl)c([C]=O)c1Cl. The van der Waals surface area contributed by atoms with Gasteiger partial charge in [0.1, 0.15) is 12.4 Å². The Balaban J connectivity index is 2.77. The number of hydrogen-bond acceptors (Lipinski definition) is 3. The van der Waals surface area contributed by atoms with Gasteiger partial charge in [0.25, 0.3) is 0 Å². The molecule has 0 spiro atoms. The second kappa shape index (κ2) is 6.09. The molecule has 87 valence electrons. The van der Waals surface area contributed by atoms with Crippen molar-refractivity contribution in [2.45, 2.75) is 0 Å². The molecule has 0 aliphatic heterocycles. The van der Waals surface area contributed by atoms with Crippen molar-refractivity contribution in [1.82, 2.24) is 4.90 Å². The van der Waals surface area contributed by atoms with E-state index in [2.05, 4.69) is 0 Å². The van der Waals surface area contributed by atoms with E-state index in [1.165, 1.54) is 0 Å². The van der Waals surface area contributed by atoms with Crippen LogP contribution in [-0.4, -0.2) is 38.4 Å². The van der Waals surface area contributed by atoms with Crippen LogP contribution in [0.4, 0.5) is 0 Å². The van der Waals surface area contributed by atoms with E-state index < -0.39 is 0 Å². The van der Waals surface area contributed by atoms with Crippen LogP contribution < -0.4 is 4.74 Å². The lowest BCUT2D eigenvalue weighted by molar-refractivity contribution is 0.261. The Morgan fingerprint density at radius 3 is 2.62 bits per heavy atom. The number of likely N-dealkylation sites (N-methyl/N-ethyl adjacent to an activating group) is 1. The Labute approximate surface area is 105 Å². The van der Waals surface area contributed by atoms with E-state index in [0.29, 0.717) is 12.4 Å². The molecule has 16 heavy (non-hydrogen) atoms. The van der Waals surface area contributed by atoms with E-state index in [1.807, 2.05) is 19.0 Å². The fraction of sp³-hybridized carbons (Fsp3) is 0.364. The van der Waals surface area contributed by atoms with Gasteiger partial charge in [0, 0.05) is 6.54 Å². The van der Waals surface area contributed by atoms with Crippen LogP contribution in [0.2, 0.25) is 10.0 Å². The van der Waals surface area contributed by atoms with Gasteiger partial charge in [0.05, 0.1) is 15.6 Å². The molecule has 0 bridgehead atoms. The minimum absolute atomic E-state index is 0.144. The van der Waals surface area contributed by atoms with Crippen LogP contribution in [0.1, 0.15) is 5.56 Å². The molecule has 0 unspecified atom stereocenters. The van der Waals surface area contributed by atoms with Gasteiger partial charge < -0.3 is 9.64 Å². The summed E-state index contributed by atoms with van der Waals surface area (Å²) in [7, 11) is 3.88. The largest absolute Gasteiger partial charge is 0.491 e. The second-order valence-electron chi connectivity index (χ2n) is 3.49. The fourth-order valence-electron chi connectivity index (χ4n) is 1.08. The van der Waals surface area contributed by atoms with Crippen LogP contribution in [0.25, 0.3) is 0 Å². The quantitative estimate of drug-likeness (QED) is 0.815. The Morgan fingerprint density at radius 1 is 1.38 bits per heavy atom. The molecule has 0 aromatic heterocycles. The van der Waals surface area contributed by atoms with E-state index in [4.69, 9.17) is 27.9 Å². The van der Waals surface area contributed by atoms with Crippen molar-refractivity contribution in [3.63, 3.8) is 0 Å². The topological polar surface area (TPSA) is 29.5 Å². The number of halogens is 2. The van der Waals surface area contributed by atoms with Crippen LogP contribution in [0.15, 0.2) is 12.1 Å². The first kappa shape index (κ1) is 13.3. The van der Waals surface area contributed by atoms with Crippen molar-refractivity contribution < 1.29 is 9.53 Å². The first-order chi connectivity index (χ1) is 7.56. The zero-order valence-corrected chi connectivity index (χ0v) is 10.6. The molecule has 0 saturated heterocycles. The molecule has 0 aliphatic rings. The van der Waals surface area contributed by atoms with Crippen molar-refractivity contribution in [2.24, 2.45) is 0 Å². The standard InChI is InChI=1S/C11H12Cl2NO2/c1-14(2)5-6-16-10-4-3-9(12)8(7-15)11(10)13/h3-4H,5-6H2,1-2H3. The highest BCUT2D eigenvalue weighted by Gasteiger charge is 2.11. The summed E-state index contributed by atoms with van der Waals surface area (Å²) in [5, 5.41) is 0.487. The molecule has 1 radical (unpaired) electrons. The Morgan fingerprint density at radius 2 is 2.06 bits per heavy atom. The normalized spacial score (nSPS) is 10.6. The second-order valence-corrected chi connectivity index (χ2v) is 4.27. The van der Waals surface area contributed by atoms with Gasteiger partial charge in [-0.15, -0.1) is 0 Å². The molecule has 0 saturated carbocycles. The third-order valence-corrected chi connectivity index (χ3v) is 2.64. The molecule has 0 aliphatic carbocycles. The lowest BCUT2D eigenvalue weighted by Gasteiger charge is -2.12. The number of hydrogen-bond donors (Lipinski definition) is 0. The molecule has 0 N–H and O–H groups in total. The molecular formula is C11H12Cl2NO2. The summed E-state index contributed by atoms with van der Waals surface area (Å²) < 4.78 is 5.43. The van der Waals surface area contributed by atoms with Crippen LogP contribution in [0.5, 0.6) is 5.75 Å². The molecule has 5 heteroatoms. The highest BCUT2D eigenvalue weighted by atomic mass is 35.5. The maximum absolute atomic E-state index is 10.6. The van der Waals surface area contributed by atoms with Crippen LogP contribution in [-0.2, 0) is 4.79 Å². The van der Waals surface area contributed by atoms with Gasteiger partial charge in [0.15, 0.2) is 0 Å². The van der Waals surface area contributed by atoms with E-state index in [-0.39, 0.29) is 15.6 Å². The third-order valence-electron chi connectivity index (χ3n) is 1.95. The van der Waals surface area contributed by atoms with Crippen molar-refractivity contribution in [3.05, 3.63) is 27.7 Å². The highest BCUT2D eigenvalue weighted by molar-refractivity contribution is 6.39. The van der Waals surface area contributed by atoms with Crippen molar-refractivity contribution in [1.29, 1.82) is 0 Å². The van der Waals surface area contributed by atoms with Crippen LogP contribution >= 0.6 is 23.2 Å². The number of nitrogens with zero attached hydrogens (tertiary/aromatic N) is 1. The van der Waals surface area contributed by atoms with Crippen molar-refractivity contribution in [3.8, 4) is 5.75 Å². The lowest BCUT2D eigenvalue weighted by Crippen LogP contribution is -2.19. The Hall–Kier alpha value is -0.770. The summed E-state index contributed by atoms with van der Waals surface area (Å²) in [6, 6.07) is 3.21. The Kier molecular flexibility index (Phi) is 5.06. The van der Waals surface area contributed by atoms with Gasteiger partial charge in [-0.1, -0.05) is 23.2 Å². The molecule has 0 heterocycles. The maximum Gasteiger partial charge on any atom is 0.236 e. The molecule has 3 nitrogen and oxygen atoms in total. The van der Waals surface area contributed by atoms with Crippen LogP contribution in [0, 0.1) is 0 Å². The van der Waals surface area contributed by atoms with Gasteiger partial charge >= 0.3 is 0 Å². The van der Waals surface area contributed by atoms with E-state index >= 15 is 0 Å². The van der Waals surface area contributed by atoms with Crippen LogP contribution in [0.3, 0.4) is 0 Å². The average molecular weight is 261 g/mol. The molecule has 1 rings (SSSR count). The van der Waals surface area contributed by atoms with E-state index in [0.717, 1.165) is 6.54 Å². The zero-order chi connectivity index (χ0) is 12.1. The average Bonchev–Trinajstić information content (AvgIpc) is 2.22. The maximum atomic E-state index is 10.6. The van der Waals surface area contributed by atoms with Crippen molar-refractivity contribution >= 4 is 29.5 Å². The van der Waals surface area contributed by atoms with E-state index in [9.17, 15) is 4.79 Å². The van der Waals surface area contributed by atoms with Gasteiger partial charge in [-0.05, 0) is 26.2 Å². The molecule has 0 amide bonds. The number of rotatable bonds is 5. The third kappa shape index (κ3) is 3.37. The van der Waals surface area contributed by atoms with Gasteiger partial charge in [0.2, 0.25) is 6.29 Å². The summed E-state index contributed by atoms with van der Waals surface area (Å²) in [5.74, 6) is 0.450. The Bertz CT molecular complexity index is 380. The summed E-state index contributed by atoms with van der Waals surface area (Å²) >= 11 is 11.7. The summed E-state index contributed by atoms with van der Waals surface area (Å²) in [5.41, 5.74) is 0.144. The summed E-state index contributed by atoms with van der Waals surface area (Å²) in [6.45, 7) is 1.26. The summed E-state index contributed by atoms with van der Waals surface area (Å²) in [4.78, 5) is 12.6. The predicted octanol–water partition coefficient (Wildman–Crippen LogP) is 2.39. The van der Waals surface area contributed by atoms with Gasteiger partial charge in [-0.25, -0.2) is 0 Å².